The number of alkyl halides is 2. The van der Waals surface area contributed by atoms with E-state index in [0.717, 1.165) is 97.2 Å². The third-order valence-corrected chi connectivity index (χ3v) is 28.2. The summed E-state index contributed by atoms with van der Waals surface area (Å²) in [6.45, 7) is 66.6. The molecule has 46 heteroatoms. The smallest absolute Gasteiger partial charge is 0.395 e. The van der Waals surface area contributed by atoms with Crippen molar-refractivity contribution in [3.8, 4) is 0 Å². The second-order valence-corrected chi connectivity index (χ2v) is 48.3. The van der Waals surface area contributed by atoms with E-state index in [1.165, 1.54) is 0 Å². The van der Waals surface area contributed by atoms with Crippen LogP contribution >= 0.6 is 7.82 Å². The lowest BCUT2D eigenvalue weighted by Crippen LogP contribution is -2.54. The number of β-amino-alcohol motifs (C(OH)–C–C–N with tert-alkyl or cyclic N) is 1. The average Bonchev–Trinajstić information content (AvgIpc) is 1.60. The number of likely N-dealkylation sites (tertiary alicyclic amines) is 2. The first-order valence-electron chi connectivity index (χ1n) is 53.9. The van der Waals surface area contributed by atoms with E-state index in [4.69, 9.17) is 95.8 Å². The zero-order chi connectivity index (χ0) is 113. The van der Waals surface area contributed by atoms with Gasteiger partial charge in [-0.15, -0.1) is 0 Å². The SMILES string of the molecule is CC(C)N1CCC(O)C1=O.CC(C)N1CCCC1=O.CC(C)N1CCCS1(=O)=O.CC(C)N1CCN(CCN(C)C)C1=O.CC(C)N1CCN(CCO)C1=O.CC(C)OC1COC2C(O)COC12.CC(C)OCC1(COP(=O)(O)O)COC1.CC(C)OCC1(O)CC(F)(F)C1.CC(C)OCC1(O)CC1.CC(C)OCC1(O)COC1.CC(C)OCCC1(O)CC1.CC(C)OCCC1(O)COC1.COC1COC2C(OC(C)C)COC12. The summed E-state index contributed by atoms with van der Waals surface area (Å²) in [4.78, 5) is 75.5. The highest BCUT2D eigenvalue weighted by Crippen LogP contribution is 2.46. The molecule has 10 N–H and O–H groups in total. The lowest BCUT2D eigenvalue weighted by atomic mass is 9.77. The summed E-state index contributed by atoms with van der Waals surface area (Å²) in [5.41, 5.74) is -3.74. The topological polar surface area (TPSA) is 505 Å². The van der Waals surface area contributed by atoms with Gasteiger partial charge in [0.15, 0.2) is 0 Å². The Labute approximate surface area is 889 Å². The Morgan fingerprint density at radius 1 is 0.443 bits per heavy atom. The van der Waals surface area contributed by atoms with Crippen molar-refractivity contribution in [1.82, 2.24) is 38.6 Å². The molecule has 0 aromatic heterocycles. The third kappa shape index (κ3) is 54.7. The van der Waals surface area contributed by atoms with Crippen LogP contribution in [-0.4, -0.2) is 501 Å². The number of likely N-dealkylation sites (N-methyl/N-ethyl adjacent to an activating group) is 1. The van der Waals surface area contributed by atoms with Crippen molar-refractivity contribution >= 4 is 41.7 Å². The molecular weight excluding hydrogens is 1990 g/mol. The van der Waals surface area contributed by atoms with Crippen LogP contribution in [0.15, 0.2) is 0 Å². The normalized spacial score (nSPS) is 25.7. The van der Waals surface area contributed by atoms with Gasteiger partial charge in [0.05, 0.1) is 183 Å². The molecule has 0 spiro atoms. The number of ether oxygens (including phenoxy) is 16. The van der Waals surface area contributed by atoms with Crippen LogP contribution in [0.25, 0.3) is 0 Å². The van der Waals surface area contributed by atoms with Gasteiger partial charge in [-0.05, 0) is 245 Å². The number of methoxy groups -OCH3 is 1. The zero-order valence-electron chi connectivity index (χ0n) is 95.7. The number of carbonyl (C=O) groups is 4. The number of nitrogens with zero attached hydrogens (tertiary/aromatic N) is 8. The number of aliphatic hydroxyl groups is 8. The minimum Gasteiger partial charge on any atom is -0.395 e. The first-order valence-corrected chi connectivity index (χ1v) is 57.0. The Hall–Kier alpha value is -3.64. The standard InChI is InChI=1S/C10H21N3O.C10H18O4.C9H16O4.C8H14F2O2.C8H16N2O2.C8H17O6P.C8H16O3.C8H16O2.C7H13NO2.C7H13NO.C7H14O3.C7H14O2.C6H13NO2S/c1-9(2)13-8-7-12(10(13)14)6-5-11(3)4;1-6(2)14-8-5-13-9-7(11-3)4-12-10(8)9;1-5(2)13-7-4-12-8-6(10)3-11-9(7)8;1-6(2)12-5-7(11)3-8(9,10)4-7;1-7(2)10-4-3-9(5-6-11)8(10)12;1-7(2)13-5-8(3-12-4-8)6-14-15(9,10)11;1-7(2)11-4-3-8(9)5-10-6-8;1-7(2)10-6-5-8(9)3-4-8;1-5(2)8-4-3-6(9)7(8)10;1-6(2)8-5-3-4-7(8)9;1-6(2)10-5-7(8)3-9-4-7;1-6(2)9-5-7(8)3-4-7;1-6(2)7-4-3-5-10(7,8)9/h9H,5-8H2,1-4H3;6-10H,4-5H2,1-3H3;5-10H,3-4H2,1-2H3;6,11H,3-5H2,1-2H3;7,11H,3-6H2,1-2H3;7H,3-6H2,1-2H3,(H2,9,10,11);7,9H,3-6H2,1-2H3;7,9H,3-6H2,1-2H3;5-6,9H,3-4H2,1-2H3;6H,3-5H2,1-2H3;6,8H,3-5H2,1-2H3;6,8H,3-5H2,1-2H3;6H,3-5H2,1-2H3. The summed E-state index contributed by atoms with van der Waals surface area (Å²) in [5.74, 6) is -2.14. The van der Waals surface area contributed by atoms with Crippen molar-refractivity contribution < 1.29 is 172 Å². The van der Waals surface area contributed by atoms with Gasteiger partial charge in [-0.1, -0.05) is 0 Å². The molecule has 9 atom stereocenters. The number of fused-ring (bicyclic) bond motifs is 2. The van der Waals surface area contributed by atoms with Gasteiger partial charge in [-0.25, -0.2) is 31.4 Å². The number of halogens is 2. The van der Waals surface area contributed by atoms with Gasteiger partial charge in [-0.3, -0.25) is 14.1 Å². The molecule has 149 heavy (non-hydrogen) atoms. The van der Waals surface area contributed by atoms with Crippen LogP contribution in [-0.2, 0) is 104 Å². The van der Waals surface area contributed by atoms with Crippen molar-refractivity contribution in [2.45, 2.75) is 425 Å². The molecule has 3 saturated carbocycles. The number of phosphoric ester groups is 1. The second-order valence-electron chi connectivity index (χ2n) is 45.1. The maximum Gasteiger partial charge on any atom is 0.469 e. The average molecular weight is 2200 g/mol. The Bertz CT molecular complexity index is 3840. The Morgan fingerprint density at radius 2 is 0.846 bits per heavy atom. The van der Waals surface area contributed by atoms with Gasteiger partial charge in [0.2, 0.25) is 15.9 Å². The molecular formula is C103H201F2N8O34PS. The molecule has 42 nitrogen and oxygen atoms in total. The number of hydrogen-bond acceptors (Lipinski definition) is 33. The number of amides is 6. The number of phosphoric acid groups is 1. The van der Waals surface area contributed by atoms with Gasteiger partial charge in [0.25, 0.3) is 11.8 Å². The molecule has 882 valence electrons. The van der Waals surface area contributed by atoms with Crippen molar-refractivity contribution in [3.05, 3.63) is 0 Å². The highest BCUT2D eigenvalue weighted by molar-refractivity contribution is 7.89. The second kappa shape index (κ2) is 67.0. The first kappa shape index (κ1) is 140. The van der Waals surface area contributed by atoms with Crippen LogP contribution in [0.4, 0.5) is 18.4 Å². The third-order valence-electron chi connectivity index (χ3n) is 25.6. The number of rotatable bonds is 38. The van der Waals surface area contributed by atoms with Gasteiger partial charge in [0.1, 0.15) is 66.1 Å². The van der Waals surface area contributed by atoms with E-state index in [2.05, 4.69) is 37.1 Å². The van der Waals surface area contributed by atoms with Crippen molar-refractivity contribution in [3.63, 3.8) is 0 Å². The lowest BCUT2D eigenvalue weighted by molar-refractivity contribution is -0.227. The van der Waals surface area contributed by atoms with Crippen LogP contribution < -0.4 is 0 Å². The predicted octanol–water partition coefficient (Wildman–Crippen LogP) is 7.89. The summed E-state index contributed by atoms with van der Waals surface area (Å²) < 4.78 is 148. The van der Waals surface area contributed by atoms with Crippen LogP contribution in [0, 0.1) is 5.41 Å². The molecule has 15 aliphatic rings. The molecule has 0 bridgehead atoms. The molecule has 12 heterocycles. The van der Waals surface area contributed by atoms with Gasteiger partial charge < -0.3 is 161 Å². The van der Waals surface area contributed by atoms with E-state index in [-0.39, 0.29) is 147 Å². The molecule has 6 amide bonds. The minimum atomic E-state index is -4.40. The van der Waals surface area contributed by atoms with Gasteiger partial charge in [0, 0.05) is 142 Å². The highest BCUT2D eigenvalue weighted by Gasteiger charge is 2.57. The fraction of sp³-hybridized carbons (Fsp3) is 0.961. The predicted molar refractivity (Wildman–Crippen MR) is 559 cm³/mol. The maximum atomic E-state index is 12.3. The summed E-state index contributed by atoms with van der Waals surface area (Å²) >= 11 is 0. The Balaban J connectivity index is 0.000000416. The van der Waals surface area contributed by atoms with E-state index in [1.807, 2.05) is 172 Å². The number of aliphatic hydroxyl groups excluding tert-OH is 3. The molecule has 0 radical (unpaired) electrons. The molecule has 12 saturated heterocycles. The van der Waals surface area contributed by atoms with Crippen LogP contribution in [0.1, 0.15) is 257 Å². The first-order chi connectivity index (χ1) is 69.1. The van der Waals surface area contributed by atoms with Crippen molar-refractivity contribution in [2.24, 2.45) is 5.41 Å². The maximum absolute atomic E-state index is 12.3. The highest BCUT2D eigenvalue weighted by atomic mass is 32.2. The molecule has 0 aromatic carbocycles. The zero-order valence-corrected chi connectivity index (χ0v) is 97.4. The van der Waals surface area contributed by atoms with Crippen LogP contribution in [0.2, 0.25) is 0 Å². The molecule has 15 rings (SSSR count). The van der Waals surface area contributed by atoms with E-state index in [0.29, 0.717) is 161 Å². The summed E-state index contributed by atoms with van der Waals surface area (Å²) in [6, 6.07) is 1.60. The largest absolute Gasteiger partial charge is 0.469 e. The van der Waals surface area contributed by atoms with Crippen molar-refractivity contribution in [2.75, 3.05) is 211 Å². The van der Waals surface area contributed by atoms with E-state index in [9.17, 15) is 71.6 Å². The fourth-order valence-electron chi connectivity index (χ4n) is 16.4. The Kier molecular flexibility index (Phi) is 62.8. The Morgan fingerprint density at radius 3 is 1.16 bits per heavy atom. The molecule has 0 aromatic rings. The van der Waals surface area contributed by atoms with Gasteiger partial charge >= 0.3 is 19.9 Å². The van der Waals surface area contributed by atoms with Crippen molar-refractivity contribution in [1.29, 1.82) is 0 Å². The fourth-order valence-corrected chi connectivity index (χ4v) is 18.6. The summed E-state index contributed by atoms with van der Waals surface area (Å²) in [6.07, 6.45) is 7.73. The lowest BCUT2D eigenvalue weighted by Gasteiger charge is -2.43. The number of hydrogen-bond donors (Lipinski definition) is 10. The van der Waals surface area contributed by atoms with Gasteiger partial charge in [-0.2, -0.15) is 4.31 Å². The van der Waals surface area contributed by atoms with E-state index in [1.54, 1.807) is 35.1 Å². The van der Waals surface area contributed by atoms with Crippen LogP contribution in [0.3, 0.4) is 0 Å². The van der Waals surface area contributed by atoms with E-state index < -0.39 is 76.6 Å². The molecule has 3 aliphatic carbocycles. The monoisotopic (exact) mass is 2200 g/mol. The molecule has 12 aliphatic heterocycles. The minimum absolute atomic E-state index is 0.0119. The number of carbonyl (C=O) groups excluding carboxylic acids is 4. The number of sulfonamides is 1. The van der Waals surface area contributed by atoms with Crippen LogP contribution in [0.5, 0.6) is 0 Å². The summed E-state index contributed by atoms with van der Waals surface area (Å²) in [5, 5.41) is 74.1. The van der Waals surface area contributed by atoms with E-state index >= 15 is 0 Å². The molecule has 15 fully saturated rings. The quantitative estimate of drug-likeness (QED) is 0.0263. The molecule has 9 unspecified atom stereocenters. The number of urea groups is 2. The summed E-state index contributed by atoms with van der Waals surface area (Å²) in [7, 11) is -1.51.